The number of allylic oxidation sites excluding steroid dienone is 1. The third-order valence-corrected chi connectivity index (χ3v) is 2.95. The van der Waals surface area contributed by atoms with Crippen molar-refractivity contribution in [1.29, 1.82) is 0 Å². The molecule has 0 saturated heterocycles. The number of rotatable bonds is 4. The number of phenolic OH excluding ortho intramolecular Hbond substituents is 1. The fraction of sp³-hybridized carbons (Fsp3) is 0.125. The van der Waals surface area contributed by atoms with Crippen molar-refractivity contribution in [3.8, 4) is 17.2 Å². The van der Waals surface area contributed by atoms with Crippen LogP contribution < -0.4 is 10.4 Å². The average molecular weight is 302 g/mol. The highest BCUT2D eigenvalue weighted by atomic mass is 16.5. The lowest BCUT2D eigenvalue weighted by Gasteiger charge is -2.03. The van der Waals surface area contributed by atoms with Crippen LogP contribution >= 0.6 is 0 Å². The normalized spacial score (nSPS) is 10.8. The summed E-state index contributed by atoms with van der Waals surface area (Å²) in [6.07, 6.45) is 2.38. The van der Waals surface area contributed by atoms with Gasteiger partial charge in [0, 0.05) is 11.6 Å². The maximum Gasteiger partial charge on any atom is 0.351 e. The van der Waals surface area contributed by atoms with E-state index in [1.807, 2.05) is 0 Å². The number of phenols is 1. The Labute approximate surface area is 125 Å². The number of methoxy groups -OCH3 is 1. The molecular weight excluding hydrogens is 288 g/mol. The molecule has 0 bridgehead atoms. The first-order valence-corrected chi connectivity index (χ1v) is 6.35. The van der Waals surface area contributed by atoms with E-state index in [1.165, 1.54) is 38.3 Å². The van der Waals surface area contributed by atoms with Crippen LogP contribution in [0.1, 0.15) is 21.7 Å². The smallest absolute Gasteiger partial charge is 0.351 e. The number of carbonyl (C=O) groups excluding carboxylic acids is 1. The second kappa shape index (κ2) is 6.17. The van der Waals surface area contributed by atoms with Gasteiger partial charge in [0.2, 0.25) is 0 Å². The molecule has 0 fully saturated rings. The zero-order valence-corrected chi connectivity index (χ0v) is 12.0. The predicted molar refractivity (Wildman–Crippen MR) is 79.4 cm³/mol. The van der Waals surface area contributed by atoms with Crippen LogP contribution in [0.4, 0.5) is 0 Å². The summed E-state index contributed by atoms with van der Waals surface area (Å²) in [7, 11) is 1.47. The molecule has 0 unspecified atom stereocenters. The second-order valence-corrected chi connectivity index (χ2v) is 4.53. The minimum absolute atomic E-state index is 0.0509. The van der Waals surface area contributed by atoms with Gasteiger partial charge in [0.1, 0.15) is 28.6 Å². The Hall–Kier alpha value is -3.02. The Morgan fingerprint density at radius 3 is 2.59 bits per heavy atom. The van der Waals surface area contributed by atoms with E-state index < -0.39 is 22.7 Å². The molecule has 0 amide bonds. The van der Waals surface area contributed by atoms with Gasteiger partial charge in [-0.25, -0.2) is 4.79 Å². The Balaban J connectivity index is 2.35. The Morgan fingerprint density at radius 2 is 1.95 bits per heavy atom. The van der Waals surface area contributed by atoms with Crippen molar-refractivity contribution < 1.29 is 24.2 Å². The molecule has 1 aromatic heterocycles. The van der Waals surface area contributed by atoms with Gasteiger partial charge in [-0.15, -0.1) is 0 Å². The number of aryl methyl sites for hydroxylation is 1. The quantitative estimate of drug-likeness (QED) is 0.664. The second-order valence-electron chi connectivity index (χ2n) is 4.53. The highest BCUT2D eigenvalue weighted by Crippen LogP contribution is 2.24. The first-order chi connectivity index (χ1) is 10.4. The van der Waals surface area contributed by atoms with Crippen LogP contribution in [-0.4, -0.2) is 23.1 Å². The SMILES string of the molecule is COc1ccc(O)c(C=CC(=O)c2c(O)cc(C)oc2=O)c1. The molecule has 0 aliphatic rings. The lowest BCUT2D eigenvalue weighted by atomic mass is 10.1. The third kappa shape index (κ3) is 3.17. The molecular formula is C16H14O6. The summed E-state index contributed by atoms with van der Waals surface area (Å²) in [5.41, 5.74) is -1.03. The molecule has 0 aliphatic carbocycles. The van der Waals surface area contributed by atoms with Crippen LogP contribution in [0, 0.1) is 6.92 Å². The molecule has 6 nitrogen and oxygen atoms in total. The first kappa shape index (κ1) is 15.4. The third-order valence-electron chi connectivity index (χ3n) is 2.95. The molecule has 22 heavy (non-hydrogen) atoms. The lowest BCUT2D eigenvalue weighted by molar-refractivity contribution is 0.104. The van der Waals surface area contributed by atoms with Gasteiger partial charge in [0.05, 0.1) is 7.11 Å². The molecule has 114 valence electrons. The van der Waals surface area contributed by atoms with E-state index in [1.54, 1.807) is 6.07 Å². The van der Waals surface area contributed by atoms with E-state index >= 15 is 0 Å². The predicted octanol–water partition coefficient (Wildman–Crippen LogP) is 2.26. The van der Waals surface area contributed by atoms with Crippen LogP contribution in [-0.2, 0) is 0 Å². The molecule has 1 aromatic carbocycles. The van der Waals surface area contributed by atoms with Gasteiger partial charge < -0.3 is 19.4 Å². The number of aromatic hydroxyl groups is 2. The van der Waals surface area contributed by atoms with Crippen molar-refractivity contribution in [2.24, 2.45) is 0 Å². The standard InChI is InChI=1S/C16H14O6/c1-9-7-14(19)15(16(20)22-9)13(18)5-3-10-8-11(21-2)4-6-12(10)17/h3-8,17,19H,1-2H3. The highest BCUT2D eigenvalue weighted by Gasteiger charge is 2.16. The highest BCUT2D eigenvalue weighted by molar-refractivity contribution is 6.08. The van der Waals surface area contributed by atoms with Gasteiger partial charge in [-0.05, 0) is 37.3 Å². The molecule has 2 rings (SSSR count). The van der Waals surface area contributed by atoms with Crippen molar-refractivity contribution in [3.63, 3.8) is 0 Å². The van der Waals surface area contributed by atoms with Crippen LogP contribution in [0.3, 0.4) is 0 Å². The number of benzene rings is 1. The topological polar surface area (TPSA) is 97.0 Å². The van der Waals surface area contributed by atoms with E-state index in [0.29, 0.717) is 11.3 Å². The fourth-order valence-electron chi connectivity index (χ4n) is 1.86. The Kier molecular flexibility index (Phi) is 4.31. The number of ether oxygens (including phenoxy) is 1. The zero-order chi connectivity index (χ0) is 16.3. The van der Waals surface area contributed by atoms with E-state index in [9.17, 15) is 19.8 Å². The molecule has 2 N–H and O–H groups in total. The van der Waals surface area contributed by atoms with Gasteiger partial charge in [-0.2, -0.15) is 0 Å². The molecule has 0 atom stereocenters. The Bertz CT molecular complexity index is 801. The number of carbonyl (C=O) groups is 1. The van der Waals surface area contributed by atoms with Gasteiger partial charge in [0.25, 0.3) is 0 Å². The van der Waals surface area contributed by atoms with Crippen molar-refractivity contribution in [3.05, 3.63) is 57.6 Å². The Morgan fingerprint density at radius 1 is 1.23 bits per heavy atom. The largest absolute Gasteiger partial charge is 0.507 e. The van der Waals surface area contributed by atoms with Gasteiger partial charge in [-0.1, -0.05) is 0 Å². The van der Waals surface area contributed by atoms with Crippen molar-refractivity contribution >= 4 is 11.9 Å². The van der Waals surface area contributed by atoms with E-state index in [2.05, 4.69) is 0 Å². The molecule has 0 saturated carbocycles. The van der Waals surface area contributed by atoms with Crippen LogP contribution in [0.15, 0.2) is 39.6 Å². The number of hydrogen-bond donors (Lipinski definition) is 2. The van der Waals surface area contributed by atoms with Gasteiger partial charge >= 0.3 is 5.63 Å². The van der Waals surface area contributed by atoms with Crippen molar-refractivity contribution in [2.75, 3.05) is 7.11 Å². The maximum absolute atomic E-state index is 12.0. The summed E-state index contributed by atoms with van der Waals surface area (Å²) >= 11 is 0. The monoisotopic (exact) mass is 302 g/mol. The summed E-state index contributed by atoms with van der Waals surface area (Å²) in [5, 5.41) is 19.4. The van der Waals surface area contributed by atoms with Gasteiger partial charge in [0.15, 0.2) is 5.78 Å². The molecule has 0 aliphatic heterocycles. The summed E-state index contributed by atoms with van der Waals surface area (Å²) < 4.78 is 9.80. The van der Waals surface area contributed by atoms with Crippen LogP contribution in [0.5, 0.6) is 17.2 Å². The van der Waals surface area contributed by atoms with Crippen molar-refractivity contribution in [2.45, 2.75) is 6.92 Å². The fourth-order valence-corrected chi connectivity index (χ4v) is 1.86. The van der Waals surface area contributed by atoms with E-state index in [-0.39, 0.29) is 11.5 Å². The summed E-state index contributed by atoms with van der Waals surface area (Å²) in [6, 6.07) is 5.69. The number of hydrogen-bond acceptors (Lipinski definition) is 6. The van der Waals surface area contributed by atoms with Crippen LogP contribution in [0.25, 0.3) is 6.08 Å². The minimum atomic E-state index is -0.915. The zero-order valence-electron chi connectivity index (χ0n) is 12.0. The minimum Gasteiger partial charge on any atom is -0.507 e. The molecule has 0 radical (unpaired) electrons. The average Bonchev–Trinajstić information content (AvgIpc) is 2.45. The van der Waals surface area contributed by atoms with Crippen molar-refractivity contribution in [1.82, 2.24) is 0 Å². The van der Waals surface area contributed by atoms with E-state index in [4.69, 9.17) is 9.15 Å². The summed E-state index contributed by atoms with van der Waals surface area (Å²) in [6.45, 7) is 1.49. The van der Waals surface area contributed by atoms with E-state index in [0.717, 1.165) is 6.08 Å². The lowest BCUT2D eigenvalue weighted by Crippen LogP contribution is -2.12. The molecule has 0 spiro atoms. The molecule has 2 aromatic rings. The molecule has 1 heterocycles. The van der Waals surface area contributed by atoms with Gasteiger partial charge in [-0.3, -0.25) is 4.79 Å². The number of ketones is 1. The maximum atomic E-state index is 12.0. The van der Waals surface area contributed by atoms with Crippen LogP contribution in [0.2, 0.25) is 0 Å². The first-order valence-electron chi connectivity index (χ1n) is 6.35. The summed E-state index contributed by atoms with van der Waals surface area (Å²) in [4.78, 5) is 23.6. The summed E-state index contributed by atoms with van der Waals surface area (Å²) in [5.74, 6) is -0.521. The molecule has 6 heteroatoms.